The molecule has 18 heavy (non-hydrogen) atoms. The number of hydrogen-bond acceptors (Lipinski definition) is 2. The summed E-state index contributed by atoms with van der Waals surface area (Å²) in [4.78, 5) is 12.1. The molecule has 0 spiro atoms. The van der Waals surface area contributed by atoms with E-state index in [9.17, 15) is 9.18 Å². The molecule has 1 atom stereocenters. The zero-order valence-electron chi connectivity index (χ0n) is 10.2. The molecule has 1 fully saturated rings. The summed E-state index contributed by atoms with van der Waals surface area (Å²) >= 11 is 1.89. The maximum Gasteiger partial charge on any atom is 0.251 e. The standard InChI is InChI=1S/C13H16FIN2O/c1-13(7-16,9-3-4-9)17-12(18)8-2-5-11(15)10(14)6-8/h2,5-6,9H,3-4,7,16H2,1H3,(H,17,18). The van der Waals surface area contributed by atoms with Crippen LogP contribution in [0.1, 0.15) is 30.1 Å². The molecular formula is C13H16FIN2O. The van der Waals surface area contributed by atoms with Gasteiger partial charge in [0.05, 0.1) is 5.54 Å². The number of hydrogen-bond donors (Lipinski definition) is 2. The van der Waals surface area contributed by atoms with Crippen LogP contribution in [-0.4, -0.2) is 18.0 Å². The third-order valence-electron chi connectivity index (χ3n) is 3.48. The van der Waals surface area contributed by atoms with Gasteiger partial charge in [0, 0.05) is 15.7 Å². The van der Waals surface area contributed by atoms with Crippen molar-refractivity contribution in [2.75, 3.05) is 6.54 Å². The van der Waals surface area contributed by atoms with Crippen LogP contribution in [-0.2, 0) is 0 Å². The van der Waals surface area contributed by atoms with E-state index < -0.39 is 0 Å². The van der Waals surface area contributed by atoms with E-state index in [0.29, 0.717) is 21.6 Å². The van der Waals surface area contributed by atoms with Gasteiger partial charge in [-0.1, -0.05) is 0 Å². The Kier molecular flexibility index (Phi) is 3.91. The normalized spacial score (nSPS) is 18.2. The average Bonchev–Trinajstić information content (AvgIpc) is 3.16. The number of amides is 1. The molecule has 1 aliphatic rings. The van der Waals surface area contributed by atoms with Crippen LogP contribution in [0.2, 0.25) is 0 Å². The summed E-state index contributed by atoms with van der Waals surface area (Å²) in [5, 5.41) is 2.93. The van der Waals surface area contributed by atoms with Gasteiger partial charge in [-0.05, 0) is 66.5 Å². The Hall–Kier alpha value is -0.690. The summed E-state index contributed by atoms with van der Waals surface area (Å²) in [5.41, 5.74) is 5.70. The Labute approximate surface area is 119 Å². The molecule has 2 rings (SSSR count). The van der Waals surface area contributed by atoms with Crippen molar-refractivity contribution in [2.24, 2.45) is 11.7 Å². The smallest absolute Gasteiger partial charge is 0.251 e. The molecule has 3 nitrogen and oxygen atoms in total. The first-order valence-corrected chi connectivity index (χ1v) is 7.02. The molecule has 0 aromatic heterocycles. The maximum absolute atomic E-state index is 13.4. The van der Waals surface area contributed by atoms with Crippen molar-refractivity contribution >= 4 is 28.5 Å². The van der Waals surface area contributed by atoms with Gasteiger partial charge in [-0.25, -0.2) is 4.39 Å². The van der Waals surface area contributed by atoms with E-state index in [2.05, 4.69) is 5.32 Å². The number of nitrogens with one attached hydrogen (secondary N) is 1. The first kappa shape index (κ1) is 13.7. The fraction of sp³-hybridized carbons (Fsp3) is 0.462. The fourth-order valence-electron chi connectivity index (χ4n) is 2.01. The zero-order valence-corrected chi connectivity index (χ0v) is 12.3. The molecule has 1 aliphatic carbocycles. The summed E-state index contributed by atoms with van der Waals surface area (Å²) < 4.78 is 13.9. The summed E-state index contributed by atoms with van der Waals surface area (Å²) in [7, 11) is 0. The monoisotopic (exact) mass is 362 g/mol. The van der Waals surface area contributed by atoms with Gasteiger partial charge >= 0.3 is 0 Å². The minimum atomic E-state index is -0.378. The fourth-order valence-corrected chi connectivity index (χ4v) is 2.34. The van der Waals surface area contributed by atoms with Crippen LogP contribution in [0.15, 0.2) is 18.2 Å². The number of rotatable bonds is 4. The molecular weight excluding hydrogens is 346 g/mol. The number of nitrogens with two attached hydrogens (primary N) is 1. The molecule has 0 bridgehead atoms. The predicted molar refractivity (Wildman–Crippen MR) is 76.8 cm³/mol. The first-order chi connectivity index (χ1) is 8.46. The lowest BCUT2D eigenvalue weighted by Gasteiger charge is -2.29. The van der Waals surface area contributed by atoms with E-state index in [0.717, 1.165) is 12.8 Å². The molecule has 0 radical (unpaired) electrons. The second-order valence-electron chi connectivity index (χ2n) is 4.98. The molecule has 1 saturated carbocycles. The van der Waals surface area contributed by atoms with Crippen LogP contribution < -0.4 is 11.1 Å². The van der Waals surface area contributed by atoms with Crippen LogP contribution in [0.25, 0.3) is 0 Å². The lowest BCUT2D eigenvalue weighted by molar-refractivity contribution is 0.0897. The lowest BCUT2D eigenvalue weighted by atomic mass is 9.95. The number of benzene rings is 1. The van der Waals surface area contributed by atoms with Crippen LogP contribution in [0.5, 0.6) is 0 Å². The van der Waals surface area contributed by atoms with Gasteiger partial charge in [-0.3, -0.25) is 4.79 Å². The quantitative estimate of drug-likeness (QED) is 0.808. The molecule has 1 unspecified atom stereocenters. The van der Waals surface area contributed by atoms with Gasteiger partial charge in [0.1, 0.15) is 5.82 Å². The van der Waals surface area contributed by atoms with Crippen molar-refractivity contribution in [1.82, 2.24) is 5.32 Å². The van der Waals surface area contributed by atoms with E-state index in [4.69, 9.17) is 5.73 Å². The molecule has 5 heteroatoms. The van der Waals surface area contributed by atoms with Crippen LogP contribution in [0, 0.1) is 15.3 Å². The minimum Gasteiger partial charge on any atom is -0.345 e. The van der Waals surface area contributed by atoms with E-state index in [-0.39, 0.29) is 17.3 Å². The number of carbonyl (C=O) groups excluding carboxylic acids is 1. The Morgan fingerprint density at radius 2 is 2.28 bits per heavy atom. The van der Waals surface area contributed by atoms with E-state index in [1.807, 2.05) is 29.5 Å². The highest BCUT2D eigenvalue weighted by atomic mass is 127. The molecule has 1 aromatic rings. The highest BCUT2D eigenvalue weighted by Crippen LogP contribution is 2.39. The zero-order chi connectivity index (χ0) is 13.3. The summed E-state index contributed by atoms with van der Waals surface area (Å²) in [6.07, 6.45) is 2.18. The average molecular weight is 362 g/mol. The third kappa shape index (κ3) is 2.83. The SMILES string of the molecule is CC(CN)(NC(=O)c1ccc(I)c(F)c1)C1CC1. The maximum atomic E-state index is 13.4. The molecule has 1 aromatic carbocycles. The molecule has 0 saturated heterocycles. The largest absolute Gasteiger partial charge is 0.345 e. The van der Waals surface area contributed by atoms with E-state index in [1.165, 1.54) is 6.07 Å². The summed E-state index contributed by atoms with van der Waals surface area (Å²) in [6, 6.07) is 4.49. The van der Waals surface area contributed by atoms with E-state index >= 15 is 0 Å². The van der Waals surface area contributed by atoms with Crippen molar-refractivity contribution < 1.29 is 9.18 Å². The van der Waals surface area contributed by atoms with Gasteiger partial charge in [0.2, 0.25) is 0 Å². The lowest BCUT2D eigenvalue weighted by Crippen LogP contribution is -2.53. The second kappa shape index (κ2) is 5.13. The Bertz CT molecular complexity index is 476. The predicted octanol–water partition coefficient (Wildman–Crippen LogP) is 2.29. The van der Waals surface area contributed by atoms with Crippen molar-refractivity contribution in [3.05, 3.63) is 33.1 Å². The molecule has 0 heterocycles. The van der Waals surface area contributed by atoms with Crippen LogP contribution in [0.4, 0.5) is 4.39 Å². The molecule has 3 N–H and O–H groups in total. The van der Waals surface area contributed by atoms with Gasteiger partial charge in [0.25, 0.3) is 5.91 Å². The number of halogens is 2. The van der Waals surface area contributed by atoms with Gasteiger partial charge in [0.15, 0.2) is 0 Å². The van der Waals surface area contributed by atoms with Crippen molar-refractivity contribution in [3.63, 3.8) is 0 Å². The highest BCUT2D eigenvalue weighted by molar-refractivity contribution is 14.1. The van der Waals surface area contributed by atoms with Crippen molar-refractivity contribution in [1.29, 1.82) is 0 Å². The van der Waals surface area contributed by atoms with Crippen molar-refractivity contribution in [2.45, 2.75) is 25.3 Å². The van der Waals surface area contributed by atoms with E-state index in [1.54, 1.807) is 12.1 Å². The Morgan fingerprint density at radius 1 is 1.61 bits per heavy atom. The second-order valence-corrected chi connectivity index (χ2v) is 6.14. The summed E-state index contributed by atoms with van der Waals surface area (Å²) in [6.45, 7) is 2.35. The van der Waals surface area contributed by atoms with Crippen LogP contribution in [0.3, 0.4) is 0 Å². The Morgan fingerprint density at radius 3 is 2.78 bits per heavy atom. The van der Waals surface area contributed by atoms with Gasteiger partial charge < -0.3 is 11.1 Å². The molecule has 1 amide bonds. The Balaban J connectivity index is 2.13. The molecule has 98 valence electrons. The van der Waals surface area contributed by atoms with Crippen LogP contribution >= 0.6 is 22.6 Å². The van der Waals surface area contributed by atoms with Crippen molar-refractivity contribution in [3.8, 4) is 0 Å². The highest BCUT2D eigenvalue weighted by Gasteiger charge is 2.41. The molecule has 0 aliphatic heterocycles. The topological polar surface area (TPSA) is 55.1 Å². The number of carbonyl (C=O) groups is 1. The summed E-state index contributed by atoms with van der Waals surface area (Å²) in [5.74, 6) is -0.186. The van der Waals surface area contributed by atoms with Gasteiger partial charge in [-0.2, -0.15) is 0 Å². The minimum absolute atomic E-state index is 0.259. The van der Waals surface area contributed by atoms with Gasteiger partial charge in [-0.15, -0.1) is 0 Å². The first-order valence-electron chi connectivity index (χ1n) is 5.94. The third-order valence-corrected chi connectivity index (χ3v) is 4.36.